The Kier molecular flexibility index (Phi) is 2.53. The van der Waals surface area contributed by atoms with Gasteiger partial charge in [-0.3, -0.25) is 0 Å². The molecule has 0 amide bonds. The van der Waals surface area contributed by atoms with E-state index in [0.717, 1.165) is 5.65 Å². The number of nitrogens with one attached hydrogen (secondary N) is 1. The lowest BCUT2D eigenvalue weighted by molar-refractivity contribution is 0.663. The minimum absolute atomic E-state index is 0.617. The van der Waals surface area contributed by atoms with E-state index in [4.69, 9.17) is 0 Å². The highest BCUT2D eigenvalue weighted by atomic mass is 14.8. The SMILES string of the molecule is CCCC(C)c1cnc2[nH]ccc2c1. The Morgan fingerprint density at radius 3 is 3.14 bits per heavy atom. The van der Waals surface area contributed by atoms with Gasteiger partial charge in [0.15, 0.2) is 0 Å². The number of hydrogen-bond donors (Lipinski definition) is 1. The van der Waals surface area contributed by atoms with Crippen LogP contribution in [0, 0.1) is 0 Å². The fourth-order valence-corrected chi connectivity index (χ4v) is 1.83. The Balaban J connectivity index is 2.33. The van der Waals surface area contributed by atoms with Crippen molar-refractivity contribution in [3.63, 3.8) is 0 Å². The Labute approximate surface area is 84.4 Å². The van der Waals surface area contributed by atoms with Crippen molar-refractivity contribution >= 4 is 11.0 Å². The molecule has 0 bridgehead atoms. The van der Waals surface area contributed by atoms with Gasteiger partial charge >= 0.3 is 0 Å². The van der Waals surface area contributed by atoms with Crippen LogP contribution < -0.4 is 0 Å². The van der Waals surface area contributed by atoms with Crippen molar-refractivity contribution in [1.82, 2.24) is 9.97 Å². The summed E-state index contributed by atoms with van der Waals surface area (Å²) in [5.74, 6) is 0.617. The predicted molar refractivity (Wildman–Crippen MR) is 59.4 cm³/mol. The zero-order valence-corrected chi connectivity index (χ0v) is 8.75. The lowest BCUT2D eigenvalue weighted by Crippen LogP contribution is -1.93. The van der Waals surface area contributed by atoms with Crippen LogP contribution in [0.3, 0.4) is 0 Å². The number of hydrogen-bond acceptors (Lipinski definition) is 1. The molecule has 2 nitrogen and oxygen atoms in total. The van der Waals surface area contributed by atoms with Gasteiger partial charge in [0.05, 0.1) is 0 Å². The average molecular weight is 188 g/mol. The molecule has 0 spiro atoms. The molecule has 1 atom stereocenters. The largest absolute Gasteiger partial charge is 0.346 e. The average Bonchev–Trinajstić information content (AvgIpc) is 2.64. The lowest BCUT2D eigenvalue weighted by Gasteiger charge is -2.09. The molecule has 2 aromatic rings. The van der Waals surface area contributed by atoms with Gasteiger partial charge < -0.3 is 4.98 Å². The molecule has 0 saturated carbocycles. The second-order valence-electron chi connectivity index (χ2n) is 3.87. The second kappa shape index (κ2) is 3.82. The summed E-state index contributed by atoms with van der Waals surface area (Å²) in [6, 6.07) is 4.31. The van der Waals surface area contributed by atoms with Gasteiger partial charge in [-0.05, 0) is 30.0 Å². The van der Waals surface area contributed by atoms with Crippen molar-refractivity contribution in [2.75, 3.05) is 0 Å². The number of aromatic amines is 1. The van der Waals surface area contributed by atoms with E-state index in [9.17, 15) is 0 Å². The number of fused-ring (bicyclic) bond motifs is 1. The molecule has 0 fully saturated rings. The number of H-pyrrole nitrogens is 1. The van der Waals surface area contributed by atoms with E-state index in [1.165, 1.54) is 23.8 Å². The molecular weight excluding hydrogens is 172 g/mol. The Bertz CT molecular complexity index is 417. The van der Waals surface area contributed by atoms with Gasteiger partial charge in [0, 0.05) is 17.8 Å². The van der Waals surface area contributed by atoms with Crippen LogP contribution in [0.15, 0.2) is 24.5 Å². The summed E-state index contributed by atoms with van der Waals surface area (Å²) in [6.45, 7) is 4.48. The molecule has 2 heteroatoms. The maximum Gasteiger partial charge on any atom is 0.137 e. The summed E-state index contributed by atoms with van der Waals surface area (Å²) in [4.78, 5) is 7.50. The molecule has 0 radical (unpaired) electrons. The van der Waals surface area contributed by atoms with E-state index < -0.39 is 0 Å². The molecule has 0 aliphatic carbocycles. The van der Waals surface area contributed by atoms with Gasteiger partial charge in [-0.2, -0.15) is 0 Å². The molecule has 2 heterocycles. The second-order valence-corrected chi connectivity index (χ2v) is 3.87. The Morgan fingerprint density at radius 1 is 1.50 bits per heavy atom. The van der Waals surface area contributed by atoms with Crippen molar-refractivity contribution in [3.05, 3.63) is 30.1 Å². The fraction of sp³-hybridized carbons (Fsp3) is 0.417. The molecule has 2 rings (SSSR count). The molecule has 0 aromatic carbocycles. The summed E-state index contributed by atoms with van der Waals surface area (Å²) >= 11 is 0. The van der Waals surface area contributed by atoms with Crippen LogP contribution in [0.2, 0.25) is 0 Å². The minimum atomic E-state index is 0.617. The van der Waals surface area contributed by atoms with Gasteiger partial charge in [-0.25, -0.2) is 4.98 Å². The van der Waals surface area contributed by atoms with Crippen LogP contribution in [-0.2, 0) is 0 Å². The van der Waals surface area contributed by atoms with E-state index in [-0.39, 0.29) is 0 Å². The Hall–Kier alpha value is -1.31. The van der Waals surface area contributed by atoms with Crippen LogP contribution in [0.4, 0.5) is 0 Å². The van der Waals surface area contributed by atoms with Crippen LogP contribution >= 0.6 is 0 Å². The van der Waals surface area contributed by atoms with Crippen molar-refractivity contribution in [2.24, 2.45) is 0 Å². The molecule has 0 aliphatic heterocycles. The molecule has 2 aromatic heterocycles. The third-order valence-electron chi connectivity index (χ3n) is 2.71. The smallest absolute Gasteiger partial charge is 0.137 e. The van der Waals surface area contributed by atoms with Crippen molar-refractivity contribution in [3.8, 4) is 0 Å². The zero-order chi connectivity index (χ0) is 9.97. The highest BCUT2D eigenvalue weighted by Gasteiger charge is 2.05. The third kappa shape index (κ3) is 1.65. The summed E-state index contributed by atoms with van der Waals surface area (Å²) < 4.78 is 0. The van der Waals surface area contributed by atoms with E-state index in [2.05, 4.69) is 35.9 Å². The maximum atomic E-state index is 4.39. The quantitative estimate of drug-likeness (QED) is 0.785. The number of nitrogens with zero attached hydrogens (tertiary/aromatic N) is 1. The van der Waals surface area contributed by atoms with Crippen LogP contribution in [0.5, 0.6) is 0 Å². The van der Waals surface area contributed by atoms with E-state index in [0.29, 0.717) is 5.92 Å². The molecule has 1 N–H and O–H groups in total. The summed E-state index contributed by atoms with van der Waals surface area (Å²) in [5.41, 5.74) is 2.33. The molecule has 0 aliphatic rings. The minimum Gasteiger partial charge on any atom is -0.346 e. The van der Waals surface area contributed by atoms with Crippen molar-refractivity contribution < 1.29 is 0 Å². The summed E-state index contributed by atoms with van der Waals surface area (Å²) in [6.07, 6.45) is 6.38. The number of pyridine rings is 1. The van der Waals surface area contributed by atoms with Crippen LogP contribution in [0.25, 0.3) is 11.0 Å². The van der Waals surface area contributed by atoms with Crippen LogP contribution in [-0.4, -0.2) is 9.97 Å². The summed E-state index contributed by atoms with van der Waals surface area (Å²) in [5, 5.41) is 1.21. The number of aromatic nitrogens is 2. The van der Waals surface area contributed by atoms with Gasteiger partial charge in [0.25, 0.3) is 0 Å². The standard InChI is InChI=1S/C12H16N2/c1-3-4-9(2)11-7-10-5-6-13-12(10)14-8-11/h5-9H,3-4H2,1-2H3,(H,13,14). The lowest BCUT2D eigenvalue weighted by atomic mass is 9.98. The summed E-state index contributed by atoms with van der Waals surface area (Å²) in [7, 11) is 0. The normalized spacial score (nSPS) is 13.3. The van der Waals surface area contributed by atoms with E-state index in [1.807, 2.05) is 12.4 Å². The third-order valence-corrected chi connectivity index (χ3v) is 2.71. The topological polar surface area (TPSA) is 28.7 Å². The maximum absolute atomic E-state index is 4.39. The highest BCUT2D eigenvalue weighted by molar-refractivity contribution is 5.75. The molecule has 14 heavy (non-hydrogen) atoms. The first kappa shape index (κ1) is 9.25. The van der Waals surface area contributed by atoms with Gasteiger partial charge in [0.2, 0.25) is 0 Å². The van der Waals surface area contributed by atoms with Gasteiger partial charge in [0.1, 0.15) is 5.65 Å². The zero-order valence-electron chi connectivity index (χ0n) is 8.75. The number of rotatable bonds is 3. The van der Waals surface area contributed by atoms with Gasteiger partial charge in [-0.1, -0.05) is 20.3 Å². The first-order chi connectivity index (χ1) is 6.81. The molecular formula is C12H16N2. The molecule has 0 saturated heterocycles. The van der Waals surface area contributed by atoms with E-state index in [1.54, 1.807) is 0 Å². The van der Waals surface area contributed by atoms with Crippen LogP contribution in [0.1, 0.15) is 38.2 Å². The molecule has 1 unspecified atom stereocenters. The Morgan fingerprint density at radius 2 is 2.36 bits per heavy atom. The van der Waals surface area contributed by atoms with E-state index >= 15 is 0 Å². The van der Waals surface area contributed by atoms with Crippen molar-refractivity contribution in [2.45, 2.75) is 32.6 Å². The first-order valence-corrected chi connectivity index (χ1v) is 5.24. The predicted octanol–water partition coefficient (Wildman–Crippen LogP) is 3.47. The monoisotopic (exact) mass is 188 g/mol. The highest BCUT2D eigenvalue weighted by Crippen LogP contribution is 2.22. The fourth-order valence-electron chi connectivity index (χ4n) is 1.83. The van der Waals surface area contributed by atoms with Gasteiger partial charge in [-0.15, -0.1) is 0 Å². The first-order valence-electron chi connectivity index (χ1n) is 5.24. The molecule has 74 valence electrons. The van der Waals surface area contributed by atoms with Crippen molar-refractivity contribution in [1.29, 1.82) is 0 Å².